The van der Waals surface area contributed by atoms with Crippen LogP contribution in [0.4, 0.5) is 5.69 Å². The molecule has 2 aliphatic rings. The summed E-state index contributed by atoms with van der Waals surface area (Å²) < 4.78 is 0. The van der Waals surface area contributed by atoms with E-state index in [-0.39, 0.29) is 6.04 Å². The van der Waals surface area contributed by atoms with E-state index in [4.69, 9.17) is 22.3 Å². The third-order valence-corrected chi connectivity index (χ3v) is 4.77. The van der Waals surface area contributed by atoms with E-state index in [0.29, 0.717) is 6.67 Å². The van der Waals surface area contributed by atoms with Gasteiger partial charge in [-0.25, -0.2) is 4.99 Å². The molecule has 4 nitrogen and oxygen atoms in total. The summed E-state index contributed by atoms with van der Waals surface area (Å²) in [5, 5.41) is 0.766. The molecule has 3 rings (SSSR count). The highest BCUT2D eigenvalue weighted by atomic mass is 35.5. The Morgan fingerprint density at radius 1 is 1.39 bits per heavy atom. The van der Waals surface area contributed by atoms with Crippen LogP contribution in [0.25, 0.3) is 0 Å². The largest absolute Gasteiger partial charge is 0.355 e. The van der Waals surface area contributed by atoms with Gasteiger partial charge in [0.25, 0.3) is 0 Å². The van der Waals surface area contributed by atoms with Crippen LogP contribution in [0.5, 0.6) is 0 Å². The maximum atomic E-state index is 6.21. The second kappa shape index (κ2) is 6.93. The molecule has 2 aliphatic heterocycles. The number of aryl methyl sites for hydroxylation is 1. The predicted octanol–water partition coefficient (Wildman–Crippen LogP) is 3.54. The molecule has 0 amide bonds. The SMILES string of the molecule is CCCC1=CC(N2CC[C@H](N)C2)=NCN1c1cc(Cl)ccc1C. The number of rotatable bonds is 3. The molecule has 0 saturated carbocycles. The third-order valence-electron chi connectivity index (χ3n) is 4.53. The van der Waals surface area contributed by atoms with Crippen LogP contribution in [-0.2, 0) is 0 Å². The number of halogens is 1. The van der Waals surface area contributed by atoms with Crippen molar-refractivity contribution in [3.05, 3.63) is 40.6 Å². The van der Waals surface area contributed by atoms with Crippen molar-refractivity contribution in [3.63, 3.8) is 0 Å². The van der Waals surface area contributed by atoms with Gasteiger partial charge in [0.2, 0.25) is 0 Å². The van der Waals surface area contributed by atoms with Crippen LogP contribution in [0.3, 0.4) is 0 Å². The van der Waals surface area contributed by atoms with E-state index in [1.807, 2.05) is 12.1 Å². The lowest BCUT2D eigenvalue weighted by molar-refractivity contribution is 0.507. The van der Waals surface area contributed by atoms with Gasteiger partial charge in [-0.2, -0.15) is 0 Å². The fraction of sp³-hybridized carbons (Fsp3) is 0.500. The van der Waals surface area contributed by atoms with Crippen LogP contribution in [0.1, 0.15) is 31.7 Å². The lowest BCUT2D eigenvalue weighted by Gasteiger charge is -2.32. The standard InChI is InChI=1S/C18H25ClN4/c1-3-4-16-10-18(22-8-7-15(20)11-22)21-12-23(16)17-9-14(19)6-5-13(17)2/h5-6,9-10,15H,3-4,7-8,11-12,20H2,1-2H3/t15-/m0/s1. The zero-order valence-corrected chi connectivity index (χ0v) is 14.7. The van der Waals surface area contributed by atoms with Crippen molar-refractivity contribution in [1.82, 2.24) is 4.90 Å². The van der Waals surface area contributed by atoms with Crippen molar-refractivity contribution < 1.29 is 0 Å². The molecule has 0 unspecified atom stereocenters. The van der Waals surface area contributed by atoms with Gasteiger partial charge in [-0.1, -0.05) is 31.0 Å². The van der Waals surface area contributed by atoms with Crippen molar-refractivity contribution in [3.8, 4) is 0 Å². The number of benzene rings is 1. The maximum absolute atomic E-state index is 6.21. The Labute approximate surface area is 143 Å². The Bertz CT molecular complexity index is 638. The van der Waals surface area contributed by atoms with Gasteiger partial charge in [-0.05, 0) is 43.5 Å². The molecule has 23 heavy (non-hydrogen) atoms. The molecule has 1 aromatic carbocycles. The minimum Gasteiger partial charge on any atom is -0.355 e. The highest BCUT2D eigenvalue weighted by Crippen LogP contribution is 2.30. The molecule has 0 radical (unpaired) electrons. The summed E-state index contributed by atoms with van der Waals surface area (Å²) in [6, 6.07) is 6.31. The van der Waals surface area contributed by atoms with E-state index >= 15 is 0 Å². The van der Waals surface area contributed by atoms with Crippen LogP contribution in [0.15, 0.2) is 35.0 Å². The Morgan fingerprint density at radius 2 is 2.22 bits per heavy atom. The molecule has 1 aromatic rings. The molecule has 2 N–H and O–H groups in total. The van der Waals surface area contributed by atoms with Crippen molar-refractivity contribution in [2.45, 2.75) is 39.2 Å². The van der Waals surface area contributed by atoms with Crippen molar-refractivity contribution in [2.24, 2.45) is 10.7 Å². The maximum Gasteiger partial charge on any atom is 0.127 e. The van der Waals surface area contributed by atoms with Crippen LogP contribution < -0.4 is 10.6 Å². The topological polar surface area (TPSA) is 44.9 Å². The molecule has 5 heteroatoms. The summed E-state index contributed by atoms with van der Waals surface area (Å²) >= 11 is 6.21. The molecule has 0 aliphatic carbocycles. The van der Waals surface area contributed by atoms with Crippen molar-refractivity contribution in [1.29, 1.82) is 0 Å². The molecule has 0 spiro atoms. The smallest absolute Gasteiger partial charge is 0.127 e. The summed E-state index contributed by atoms with van der Waals surface area (Å²) in [7, 11) is 0. The van der Waals surface area contributed by atoms with Gasteiger partial charge in [-0.3, -0.25) is 0 Å². The van der Waals surface area contributed by atoms with Gasteiger partial charge in [0.15, 0.2) is 0 Å². The second-order valence-corrected chi connectivity index (χ2v) is 6.83. The van der Waals surface area contributed by atoms with Crippen molar-refractivity contribution >= 4 is 23.1 Å². The van der Waals surface area contributed by atoms with Crippen LogP contribution in [0.2, 0.25) is 5.02 Å². The monoisotopic (exact) mass is 332 g/mol. The first kappa shape index (κ1) is 16.3. The molecule has 1 fully saturated rings. The third kappa shape index (κ3) is 3.54. The quantitative estimate of drug-likeness (QED) is 0.920. The lowest BCUT2D eigenvalue weighted by atomic mass is 10.1. The van der Waals surface area contributed by atoms with Crippen LogP contribution >= 0.6 is 11.6 Å². The minimum atomic E-state index is 0.272. The highest BCUT2D eigenvalue weighted by Gasteiger charge is 2.25. The van der Waals surface area contributed by atoms with E-state index in [1.165, 1.54) is 11.3 Å². The van der Waals surface area contributed by atoms with Gasteiger partial charge in [-0.15, -0.1) is 0 Å². The Balaban J connectivity index is 1.87. The van der Waals surface area contributed by atoms with Gasteiger partial charge < -0.3 is 15.5 Å². The average Bonchev–Trinajstić information content (AvgIpc) is 2.97. The van der Waals surface area contributed by atoms with Crippen LogP contribution in [0, 0.1) is 6.92 Å². The number of amidine groups is 1. The summed E-state index contributed by atoms with van der Waals surface area (Å²) in [6.45, 7) is 6.89. The Kier molecular flexibility index (Phi) is 4.93. The molecule has 2 heterocycles. The minimum absolute atomic E-state index is 0.272. The zero-order chi connectivity index (χ0) is 16.4. The number of hydrogen-bond acceptors (Lipinski definition) is 4. The number of nitrogens with zero attached hydrogens (tertiary/aromatic N) is 3. The first-order valence-electron chi connectivity index (χ1n) is 8.37. The van der Waals surface area contributed by atoms with Gasteiger partial charge in [0.05, 0.1) is 0 Å². The first-order valence-corrected chi connectivity index (χ1v) is 8.75. The second-order valence-electron chi connectivity index (χ2n) is 6.40. The summed E-state index contributed by atoms with van der Waals surface area (Å²) in [4.78, 5) is 9.39. The molecular formula is C18H25ClN4. The number of nitrogens with two attached hydrogens (primary N) is 1. The number of likely N-dealkylation sites (tertiary alicyclic amines) is 1. The van der Waals surface area contributed by atoms with Gasteiger partial charge in [0.1, 0.15) is 12.5 Å². The van der Waals surface area contributed by atoms with E-state index in [9.17, 15) is 0 Å². The van der Waals surface area contributed by atoms with Gasteiger partial charge >= 0.3 is 0 Å². The van der Waals surface area contributed by atoms with E-state index in [0.717, 1.165) is 48.9 Å². The molecule has 0 bridgehead atoms. The van der Waals surface area contributed by atoms with Crippen LogP contribution in [-0.4, -0.2) is 36.5 Å². The van der Waals surface area contributed by atoms with E-state index in [1.54, 1.807) is 0 Å². The molecule has 0 aromatic heterocycles. The fourth-order valence-electron chi connectivity index (χ4n) is 3.26. The van der Waals surface area contributed by atoms with E-state index < -0.39 is 0 Å². The van der Waals surface area contributed by atoms with E-state index in [2.05, 4.69) is 35.8 Å². The number of hydrogen-bond donors (Lipinski definition) is 1. The van der Waals surface area contributed by atoms with Crippen molar-refractivity contribution in [2.75, 3.05) is 24.7 Å². The Morgan fingerprint density at radius 3 is 2.91 bits per heavy atom. The number of allylic oxidation sites excluding steroid dienone is 1. The highest BCUT2D eigenvalue weighted by molar-refractivity contribution is 6.30. The molecule has 1 saturated heterocycles. The average molecular weight is 333 g/mol. The lowest BCUT2D eigenvalue weighted by Crippen LogP contribution is -2.36. The number of aliphatic imine (C=N–C) groups is 1. The summed E-state index contributed by atoms with van der Waals surface area (Å²) in [5.74, 6) is 1.08. The predicted molar refractivity (Wildman–Crippen MR) is 98.1 cm³/mol. The van der Waals surface area contributed by atoms with Gasteiger partial charge in [0, 0.05) is 35.5 Å². The molecule has 1 atom stereocenters. The fourth-order valence-corrected chi connectivity index (χ4v) is 3.43. The Hall–Kier alpha value is -1.52. The summed E-state index contributed by atoms with van der Waals surface area (Å²) in [6.07, 6.45) is 5.41. The first-order chi connectivity index (χ1) is 11.1. The molecular weight excluding hydrogens is 308 g/mol. The summed E-state index contributed by atoms with van der Waals surface area (Å²) in [5.41, 5.74) is 9.72. The zero-order valence-electron chi connectivity index (χ0n) is 13.9. The molecule has 124 valence electrons. The number of anilines is 1. The normalized spacial score (nSPS) is 21.5.